The molecule has 0 aliphatic carbocycles. The summed E-state index contributed by atoms with van der Waals surface area (Å²) in [5, 5.41) is 0. The molecule has 1 nitrogen and oxygen atoms in total. The number of aryl methyl sites for hydroxylation is 3. The average molecular weight is 284 g/mol. The summed E-state index contributed by atoms with van der Waals surface area (Å²) in [6.45, 7) is 4.12. The first kappa shape index (κ1) is 14.9. The van der Waals surface area contributed by atoms with Crippen molar-refractivity contribution >= 4 is 17.5 Å². The van der Waals surface area contributed by atoms with Gasteiger partial charge in [0.1, 0.15) is 0 Å². The lowest BCUT2D eigenvalue weighted by Gasteiger charge is -2.05. The van der Waals surface area contributed by atoms with E-state index in [4.69, 9.17) is 0 Å². The molecule has 0 saturated carbocycles. The number of hydrogen-bond acceptors (Lipinski definition) is 2. The van der Waals surface area contributed by atoms with Gasteiger partial charge in [0, 0.05) is 16.9 Å². The molecular formula is C18H20OS. The Morgan fingerprint density at radius 2 is 1.70 bits per heavy atom. The van der Waals surface area contributed by atoms with Crippen LogP contribution in [0.2, 0.25) is 0 Å². The van der Waals surface area contributed by atoms with Gasteiger partial charge in [0.25, 0.3) is 0 Å². The highest BCUT2D eigenvalue weighted by molar-refractivity contribution is 7.98. The van der Waals surface area contributed by atoms with Crippen LogP contribution in [0.25, 0.3) is 0 Å². The van der Waals surface area contributed by atoms with Crippen LogP contribution in [0.5, 0.6) is 0 Å². The lowest BCUT2D eigenvalue weighted by Crippen LogP contribution is -2.02. The zero-order chi connectivity index (χ0) is 14.5. The molecule has 2 aromatic rings. The number of ketones is 1. The van der Waals surface area contributed by atoms with Gasteiger partial charge < -0.3 is 0 Å². The molecule has 2 heteroatoms. The van der Waals surface area contributed by atoms with Crippen molar-refractivity contribution in [3.63, 3.8) is 0 Å². The van der Waals surface area contributed by atoms with Gasteiger partial charge in [0.05, 0.1) is 0 Å². The largest absolute Gasteiger partial charge is 0.294 e. The minimum Gasteiger partial charge on any atom is -0.294 e. The van der Waals surface area contributed by atoms with Crippen LogP contribution in [-0.4, -0.2) is 12.0 Å². The Labute approximate surface area is 125 Å². The molecule has 0 unspecified atom stereocenters. The number of rotatable bonds is 5. The van der Waals surface area contributed by atoms with E-state index in [2.05, 4.69) is 37.4 Å². The Morgan fingerprint density at radius 3 is 2.30 bits per heavy atom. The van der Waals surface area contributed by atoms with Gasteiger partial charge in [0.15, 0.2) is 5.78 Å². The summed E-state index contributed by atoms with van der Waals surface area (Å²) in [5.74, 6) is 0.224. The summed E-state index contributed by atoms with van der Waals surface area (Å²) in [6.07, 6.45) is 3.44. The number of benzene rings is 2. The minimum absolute atomic E-state index is 0.224. The van der Waals surface area contributed by atoms with E-state index in [9.17, 15) is 4.79 Å². The fraction of sp³-hybridized carbons (Fsp3) is 0.278. The molecule has 0 atom stereocenters. The van der Waals surface area contributed by atoms with Gasteiger partial charge in [-0.1, -0.05) is 24.3 Å². The summed E-state index contributed by atoms with van der Waals surface area (Å²) in [7, 11) is 0. The zero-order valence-electron chi connectivity index (χ0n) is 12.3. The minimum atomic E-state index is 0.224. The van der Waals surface area contributed by atoms with Crippen LogP contribution in [0.1, 0.15) is 33.5 Å². The summed E-state index contributed by atoms with van der Waals surface area (Å²) < 4.78 is 0. The van der Waals surface area contributed by atoms with E-state index in [0.717, 1.165) is 12.0 Å². The fourth-order valence-electron chi connectivity index (χ4n) is 2.11. The predicted octanol–water partition coefficient (Wildman–Crippen LogP) is 4.84. The fourth-order valence-corrected chi connectivity index (χ4v) is 2.52. The predicted molar refractivity (Wildman–Crippen MR) is 86.8 cm³/mol. The molecule has 2 aromatic carbocycles. The molecule has 0 amide bonds. The number of carbonyl (C=O) groups is 1. The van der Waals surface area contributed by atoms with E-state index >= 15 is 0 Å². The van der Waals surface area contributed by atoms with Crippen molar-refractivity contribution in [3.8, 4) is 0 Å². The van der Waals surface area contributed by atoms with Gasteiger partial charge in [-0.2, -0.15) is 0 Å². The second-order valence-corrected chi connectivity index (χ2v) is 5.95. The summed E-state index contributed by atoms with van der Waals surface area (Å²) in [5.41, 5.74) is 4.46. The van der Waals surface area contributed by atoms with Crippen LogP contribution in [0.3, 0.4) is 0 Å². The molecule has 104 valence electrons. The monoisotopic (exact) mass is 284 g/mol. The Hall–Kier alpha value is -1.54. The Morgan fingerprint density at radius 1 is 1.00 bits per heavy atom. The number of carbonyl (C=O) groups excluding carboxylic acids is 1. The van der Waals surface area contributed by atoms with Gasteiger partial charge in [0.2, 0.25) is 0 Å². The third-order valence-corrected chi connectivity index (χ3v) is 4.37. The van der Waals surface area contributed by atoms with Gasteiger partial charge in [-0.15, -0.1) is 11.8 Å². The van der Waals surface area contributed by atoms with Crippen LogP contribution in [0.15, 0.2) is 47.4 Å². The van der Waals surface area contributed by atoms with E-state index in [0.29, 0.717) is 6.42 Å². The molecule has 0 aliphatic heterocycles. The maximum absolute atomic E-state index is 12.2. The molecule has 0 spiro atoms. The third kappa shape index (κ3) is 3.73. The van der Waals surface area contributed by atoms with Crippen LogP contribution < -0.4 is 0 Å². The molecule has 0 saturated heterocycles. The second-order valence-electron chi connectivity index (χ2n) is 5.07. The normalized spacial score (nSPS) is 10.6. The van der Waals surface area contributed by atoms with Crippen LogP contribution in [0, 0.1) is 13.8 Å². The van der Waals surface area contributed by atoms with Crippen molar-refractivity contribution in [3.05, 3.63) is 64.7 Å². The van der Waals surface area contributed by atoms with E-state index in [1.807, 2.05) is 25.1 Å². The first-order chi connectivity index (χ1) is 9.60. The first-order valence-electron chi connectivity index (χ1n) is 6.83. The van der Waals surface area contributed by atoms with E-state index in [1.165, 1.54) is 21.6 Å². The molecule has 0 bridgehead atoms. The molecule has 0 fully saturated rings. The lowest BCUT2D eigenvalue weighted by atomic mass is 9.99. The summed E-state index contributed by atoms with van der Waals surface area (Å²) >= 11 is 1.73. The number of thioether (sulfide) groups is 1. The Kier molecular flexibility index (Phi) is 5.02. The van der Waals surface area contributed by atoms with Crippen molar-refractivity contribution in [1.29, 1.82) is 0 Å². The first-order valence-corrected chi connectivity index (χ1v) is 8.06. The number of hydrogen-bond donors (Lipinski definition) is 0. The molecule has 0 N–H and O–H groups in total. The van der Waals surface area contributed by atoms with Crippen molar-refractivity contribution in [2.75, 3.05) is 6.26 Å². The van der Waals surface area contributed by atoms with Gasteiger partial charge >= 0.3 is 0 Å². The molecular weight excluding hydrogens is 264 g/mol. The van der Waals surface area contributed by atoms with Gasteiger partial charge in [-0.25, -0.2) is 0 Å². The maximum atomic E-state index is 12.2. The molecule has 20 heavy (non-hydrogen) atoms. The van der Waals surface area contributed by atoms with E-state index < -0.39 is 0 Å². The van der Waals surface area contributed by atoms with Crippen LogP contribution in [-0.2, 0) is 6.42 Å². The second kappa shape index (κ2) is 6.76. The highest BCUT2D eigenvalue weighted by Crippen LogP contribution is 2.17. The Balaban J connectivity index is 1.98. The van der Waals surface area contributed by atoms with Crippen LogP contribution in [0.4, 0.5) is 0 Å². The Bertz CT molecular complexity index is 599. The highest BCUT2D eigenvalue weighted by Gasteiger charge is 2.07. The smallest absolute Gasteiger partial charge is 0.163 e. The van der Waals surface area contributed by atoms with Crippen molar-refractivity contribution < 1.29 is 4.79 Å². The van der Waals surface area contributed by atoms with Crippen molar-refractivity contribution in [2.45, 2.75) is 31.6 Å². The standard InChI is InChI=1S/C18H20OS/c1-13-4-8-16(12-14(13)2)18(19)11-7-15-5-9-17(20-3)10-6-15/h4-6,8-10,12H,7,11H2,1-3H3. The van der Waals surface area contributed by atoms with Crippen LogP contribution >= 0.6 is 11.8 Å². The summed E-state index contributed by atoms with van der Waals surface area (Å²) in [4.78, 5) is 13.5. The molecule has 2 rings (SSSR count). The topological polar surface area (TPSA) is 17.1 Å². The van der Waals surface area contributed by atoms with Gasteiger partial charge in [-0.05, 0) is 61.4 Å². The average Bonchev–Trinajstić information content (AvgIpc) is 2.48. The van der Waals surface area contributed by atoms with Gasteiger partial charge in [-0.3, -0.25) is 4.79 Å². The SMILES string of the molecule is CSc1ccc(CCC(=O)c2ccc(C)c(C)c2)cc1. The quantitative estimate of drug-likeness (QED) is 0.577. The highest BCUT2D eigenvalue weighted by atomic mass is 32.2. The number of Topliss-reactive ketones (excluding diaryl/α,β-unsaturated/α-hetero) is 1. The molecule has 0 heterocycles. The maximum Gasteiger partial charge on any atom is 0.163 e. The lowest BCUT2D eigenvalue weighted by molar-refractivity contribution is 0.0982. The van der Waals surface area contributed by atoms with Crippen molar-refractivity contribution in [1.82, 2.24) is 0 Å². The molecule has 0 radical (unpaired) electrons. The third-order valence-electron chi connectivity index (χ3n) is 3.63. The van der Waals surface area contributed by atoms with Crippen molar-refractivity contribution in [2.24, 2.45) is 0 Å². The zero-order valence-corrected chi connectivity index (χ0v) is 13.1. The van der Waals surface area contributed by atoms with E-state index in [-0.39, 0.29) is 5.78 Å². The molecule has 0 aliphatic rings. The summed E-state index contributed by atoms with van der Waals surface area (Å²) in [6, 6.07) is 14.4. The van der Waals surface area contributed by atoms with E-state index in [1.54, 1.807) is 11.8 Å². The molecule has 0 aromatic heterocycles.